The summed E-state index contributed by atoms with van der Waals surface area (Å²) in [4.78, 5) is 23.6. The number of aromatic amines is 1. The highest BCUT2D eigenvalue weighted by Crippen LogP contribution is 2.38. The molecule has 1 N–H and O–H groups in total. The Hall–Kier alpha value is -3.71. The van der Waals surface area contributed by atoms with Crippen molar-refractivity contribution in [1.82, 2.24) is 20.2 Å². The molecule has 3 heterocycles. The number of nitrogens with zero attached hydrogens (tertiary/aromatic N) is 4. The zero-order valence-corrected chi connectivity index (χ0v) is 18.8. The molecule has 162 valence electrons. The third-order valence-corrected chi connectivity index (χ3v) is 7.02. The first kappa shape index (κ1) is 19.9. The van der Waals surface area contributed by atoms with E-state index in [1.165, 1.54) is 22.9 Å². The van der Waals surface area contributed by atoms with Crippen molar-refractivity contribution in [3.63, 3.8) is 0 Å². The SMILES string of the molecule is CC(Sc1nnc2c(n1)[nH]c1ccccc12)C(=O)N1c2ccccc2CCc2ccccc21. The van der Waals surface area contributed by atoms with Gasteiger partial charge >= 0.3 is 0 Å². The lowest BCUT2D eigenvalue weighted by Gasteiger charge is -2.27. The van der Waals surface area contributed by atoms with Gasteiger partial charge in [0, 0.05) is 10.9 Å². The number of nitrogens with one attached hydrogen (secondary N) is 1. The fraction of sp³-hybridized carbons (Fsp3) is 0.154. The van der Waals surface area contributed by atoms with E-state index in [9.17, 15) is 4.79 Å². The summed E-state index contributed by atoms with van der Waals surface area (Å²) < 4.78 is 0. The number of benzene rings is 3. The maximum Gasteiger partial charge on any atom is 0.244 e. The number of aromatic nitrogens is 4. The van der Waals surface area contributed by atoms with Crippen LogP contribution in [0.4, 0.5) is 11.4 Å². The second-order valence-electron chi connectivity index (χ2n) is 8.15. The number of H-pyrrole nitrogens is 1. The average molecular weight is 452 g/mol. The van der Waals surface area contributed by atoms with E-state index in [-0.39, 0.29) is 5.91 Å². The highest BCUT2D eigenvalue weighted by molar-refractivity contribution is 8.00. The predicted octanol–water partition coefficient (Wildman–Crippen LogP) is 5.45. The smallest absolute Gasteiger partial charge is 0.244 e. The lowest BCUT2D eigenvalue weighted by Crippen LogP contribution is -2.33. The zero-order valence-electron chi connectivity index (χ0n) is 18.0. The maximum atomic E-state index is 13.8. The minimum atomic E-state index is -0.396. The van der Waals surface area contributed by atoms with Crippen LogP contribution in [-0.4, -0.2) is 31.3 Å². The molecule has 1 aliphatic rings. The fourth-order valence-electron chi connectivity index (χ4n) is 4.46. The Kier molecular flexibility index (Phi) is 4.84. The number of hydrogen-bond acceptors (Lipinski definition) is 5. The van der Waals surface area contributed by atoms with Crippen LogP contribution in [0.15, 0.2) is 78.0 Å². The minimum Gasteiger partial charge on any atom is -0.338 e. The standard InChI is InChI=1S/C26H21N5OS/c1-16(33-26-28-24-23(29-30-26)19-10-4-5-11-20(19)27-24)25(32)31-21-12-6-2-8-17(21)14-15-18-9-3-7-13-22(18)31/h2-13,16H,14-15H2,1H3,(H,27,28,30). The Bertz CT molecular complexity index is 1460. The van der Waals surface area contributed by atoms with Crippen LogP contribution < -0.4 is 4.90 Å². The summed E-state index contributed by atoms with van der Waals surface area (Å²) in [5.74, 6) is 0.00198. The molecule has 6 nitrogen and oxygen atoms in total. The summed E-state index contributed by atoms with van der Waals surface area (Å²) in [6.45, 7) is 1.90. The molecule has 0 bridgehead atoms. The third-order valence-electron chi connectivity index (χ3n) is 6.08. The third kappa shape index (κ3) is 3.45. The Balaban J connectivity index is 1.35. The molecule has 1 amide bonds. The molecule has 3 aromatic carbocycles. The van der Waals surface area contributed by atoms with Crippen molar-refractivity contribution < 1.29 is 4.79 Å². The van der Waals surface area contributed by atoms with Crippen molar-refractivity contribution in [1.29, 1.82) is 0 Å². The maximum absolute atomic E-state index is 13.8. The van der Waals surface area contributed by atoms with Crippen molar-refractivity contribution in [2.75, 3.05) is 4.90 Å². The largest absolute Gasteiger partial charge is 0.338 e. The molecule has 0 saturated heterocycles. The van der Waals surface area contributed by atoms with Crippen LogP contribution in [0, 0.1) is 0 Å². The Morgan fingerprint density at radius 3 is 2.27 bits per heavy atom. The molecule has 0 fully saturated rings. The second kappa shape index (κ2) is 8.01. The molecule has 2 aromatic heterocycles. The van der Waals surface area contributed by atoms with Gasteiger partial charge in [0.2, 0.25) is 11.1 Å². The second-order valence-corrected chi connectivity index (χ2v) is 9.46. The van der Waals surface area contributed by atoms with Gasteiger partial charge in [0.15, 0.2) is 5.65 Å². The van der Waals surface area contributed by atoms with Crippen LogP contribution in [0.3, 0.4) is 0 Å². The van der Waals surface area contributed by atoms with Gasteiger partial charge < -0.3 is 4.98 Å². The topological polar surface area (TPSA) is 74.8 Å². The van der Waals surface area contributed by atoms with E-state index in [1.54, 1.807) is 0 Å². The molecule has 6 rings (SSSR count). The fourth-order valence-corrected chi connectivity index (χ4v) is 5.22. The van der Waals surface area contributed by atoms with E-state index in [2.05, 4.69) is 32.3 Å². The Morgan fingerprint density at radius 1 is 0.909 bits per heavy atom. The molecular weight excluding hydrogens is 430 g/mol. The first-order chi connectivity index (χ1) is 16.2. The highest BCUT2D eigenvalue weighted by atomic mass is 32.2. The van der Waals surface area contributed by atoms with E-state index < -0.39 is 5.25 Å². The predicted molar refractivity (Wildman–Crippen MR) is 132 cm³/mol. The molecule has 1 aliphatic heterocycles. The van der Waals surface area contributed by atoms with Gasteiger partial charge in [-0.25, -0.2) is 4.98 Å². The Labute approximate surface area is 195 Å². The van der Waals surface area contributed by atoms with Gasteiger partial charge in [0.1, 0.15) is 5.52 Å². The Morgan fingerprint density at radius 2 is 1.55 bits per heavy atom. The van der Waals surface area contributed by atoms with Crippen molar-refractivity contribution in [2.45, 2.75) is 30.2 Å². The van der Waals surface area contributed by atoms with E-state index in [1.807, 2.05) is 72.5 Å². The highest BCUT2D eigenvalue weighted by Gasteiger charge is 2.30. The van der Waals surface area contributed by atoms with Gasteiger partial charge in [0.05, 0.1) is 16.6 Å². The lowest BCUT2D eigenvalue weighted by atomic mass is 10.0. The van der Waals surface area contributed by atoms with E-state index >= 15 is 0 Å². The van der Waals surface area contributed by atoms with Gasteiger partial charge in [-0.2, -0.15) is 0 Å². The quantitative estimate of drug-likeness (QED) is 0.369. The van der Waals surface area contributed by atoms with Crippen LogP contribution in [0.5, 0.6) is 0 Å². The number of para-hydroxylation sites is 3. The monoisotopic (exact) mass is 451 g/mol. The number of aryl methyl sites for hydroxylation is 2. The molecule has 0 aliphatic carbocycles. The summed E-state index contributed by atoms with van der Waals surface area (Å²) in [5, 5.41) is 9.78. The minimum absolute atomic E-state index is 0.00198. The zero-order chi connectivity index (χ0) is 22.4. The first-order valence-electron chi connectivity index (χ1n) is 11.0. The van der Waals surface area contributed by atoms with Gasteiger partial charge in [-0.3, -0.25) is 9.69 Å². The summed E-state index contributed by atoms with van der Waals surface area (Å²) in [6.07, 6.45) is 1.81. The van der Waals surface area contributed by atoms with Crippen LogP contribution in [-0.2, 0) is 17.6 Å². The average Bonchev–Trinajstić information content (AvgIpc) is 3.12. The van der Waals surface area contributed by atoms with Crippen LogP contribution >= 0.6 is 11.8 Å². The van der Waals surface area contributed by atoms with Crippen LogP contribution in [0.25, 0.3) is 22.1 Å². The molecule has 33 heavy (non-hydrogen) atoms. The number of rotatable bonds is 3. The molecule has 0 saturated carbocycles. The van der Waals surface area contributed by atoms with Crippen molar-refractivity contribution in [2.24, 2.45) is 0 Å². The summed E-state index contributed by atoms with van der Waals surface area (Å²) in [5.41, 5.74) is 6.64. The molecule has 0 spiro atoms. The number of hydrogen-bond donors (Lipinski definition) is 1. The van der Waals surface area contributed by atoms with Crippen molar-refractivity contribution in [3.8, 4) is 0 Å². The van der Waals surface area contributed by atoms with Crippen molar-refractivity contribution >= 4 is 51.1 Å². The van der Waals surface area contributed by atoms with Gasteiger partial charge in [-0.1, -0.05) is 66.4 Å². The molecule has 0 radical (unpaired) electrons. The van der Waals surface area contributed by atoms with Gasteiger partial charge in [0.25, 0.3) is 0 Å². The van der Waals surface area contributed by atoms with Crippen LogP contribution in [0.2, 0.25) is 0 Å². The first-order valence-corrected chi connectivity index (χ1v) is 11.8. The number of anilines is 2. The molecule has 1 unspecified atom stereocenters. The summed E-state index contributed by atoms with van der Waals surface area (Å²) in [7, 11) is 0. The number of amides is 1. The van der Waals surface area contributed by atoms with Gasteiger partial charge in [-0.15, -0.1) is 10.2 Å². The molecule has 1 atom stereocenters. The van der Waals surface area contributed by atoms with E-state index in [0.717, 1.165) is 40.6 Å². The number of carbonyl (C=O) groups is 1. The molecule has 7 heteroatoms. The normalized spacial score (nSPS) is 14.0. The van der Waals surface area contributed by atoms with E-state index in [0.29, 0.717) is 10.8 Å². The summed E-state index contributed by atoms with van der Waals surface area (Å²) in [6, 6.07) is 24.2. The number of carbonyl (C=O) groups excluding carboxylic acids is 1. The number of fused-ring (bicyclic) bond motifs is 5. The van der Waals surface area contributed by atoms with E-state index in [4.69, 9.17) is 0 Å². The molecule has 5 aromatic rings. The molecular formula is C26H21N5OS. The lowest BCUT2D eigenvalue weighted by molar-refractivity contribution is -0.117. The van der Waals surface area contributed by atoms with Crippen molar-refractivity contribution in [3.05, 3.63) is 83.9 Å². The van der Waals surface area contributed by atoms with Crippen LogP contribution in [0.1, 0.15) is 18.1 Å². The van der Waals surface area contributed by atoms with Gasteiger partial charge in [-0.05, 0) is 49.1 Å². The number of thioether (sulfide) groups is 1. The summed E-state index contributed by atoms with van der Waals surface area (Å²) >= 11 is 1.33.